The summed E-state index contributed by atoms with van der Waals surface area (Å²) >= 11 is 0. The van der Waals surface area contributed by atoms with Crippen LogP contribution in [0.5, 0.6) is 5.75 Å². The van der Waals surface area contributed by atoms with E-state index in [1.165, 1.54) is 0 Å². The second-order valence-corrected chi connectivity index (χ2v) is 12.2. The van der Waals surface area contributed by atoms with Gasteiger partial charge in [-0.1, -0.05) is 31.2 Å². The van der Waals surface area contributed by atoms with Crippen LogP contribution in [0.4, 0.5) is 0 Å². The maximum atomic E-state index is 13.4. The first-order valence-electron chi connectivity index (χ1n) is 12.4. The number of methoxy groups -OCH3 is 1. The number of hydrogen-bond acceptors (Lipinski definition) is 6. The SMILES string of the molecule is CCC1CC2(CCC(S(=O)(=O)c3ccc(-c4ccc5cc(OC)cnc5c4)cc3)CC2)NCC1=O. The van der Waals surface area contributed by atoms with Crippen molar-refractivity contribution in [3.05, 3.63) is 54.7 Å². The number of sulfone groups is 1. The van der Waals surface area contributed by atoms with E-state index < -0.39 is 9.84 Å². The summed E-state index contributed by atoms with van der Waals surface area (Å²) < 4.78 is 32.1. The van der Waals surface area contributed by atoms with Crippen molar-refractivity contribution in [2.75, 3.05) is 13.7 Å². The van der Waals surface area contributed by atoms with Crippen LogP contribution in [0, 0.1) is 5.92 Å². The normalized spacial score (nSPS) is 25.1. The fraction of sp³-hybridized carbons (Fsp3) is 0.429. The Bertz CT molecular complexity index is 1340. The van der Waals surface area contributed by atoms with Crippen LogP contribution < -0.4 is 10.1 Å². The molecule has 2 heterocycles. The molecular formula is C28H32N2O4S. The highest BCUT2D eigenvalue weighted by Gasteiger charge is 2.44. The van der Waals surface area contributed by atoms with Crippen molar-refractivity contribution in [2.24, 2.45) is 5.92 Å². The largest absolute Gasteiger partial charge is 0.495 e. The van der Waals surface area contributed by atoms with E-state index >= 15 is 0 Å². The Kier molecular flexibility index (Phi) is 6.40. The Hall–Kier alpha value is -2.77. The molecule has 0 radical (unpaired) electrons. The van der Waals surface area contributed by atoms with E-state index in [1.54, 1.807) is 25.4 Å². The van der Waals surface area contributed by atoms with E-state index in [-0.39, 0.29) is 22.5 Å². The van der Waals surface area contributed by atoms with E-state index in [9.17, 15) is 13.2 Å². The standard InChI is InChI=1S/C28H32N2O4S/c1-3-19-16-28(30-18-27(19)31)12-10-25(11-13-28)35(32,33)24-8-6-20(7-9-24)21-4-5-22-14-23(34-2)17-29-26(22)15-21/h4-9,14-15,17,19,25,30H,3,10-13,16,18H2,1-2H3. The molecule has 7 heteroatoms. The number of nitrogens with one attached hydrogen (secondary N) is 1. The smallest absolute Gasteiger partial charge is 0.181 e. The van der Waals surface area contributed by atoms with Gasteiger partial charge in [-0.25, -0.2) is 8.42 Å². The van der Waals surface area contributed by atoms with Crippen LogP contribution in [0.1, 0.15) is 45.4 Å². The van der Waals surface area contributed by atoms with Crippen molar-refractivity contribution in [3.63, 3.8) is 0 Å². The number of fused-ring (bicyclic) bond motifs is 1. The molecule has 6 nitrogen and oxygen atoms in total. The molecule has 1 aliphatic carbocycles. The zero-order valence-corrected chi connectivity index (χ0v) is 21.1. The summed E-state index contributed by atoms with van der Waals surface area (Å²) in [6, 6.07) is 15.2. The van der Waals surface area contributed by atoms with Crippen LogP contribution in [0.15, 0.2) is 59.6 Å². The maximum absolute atomic E-state index is 13.4. The molecular weight excluding hydrogens is 460 g/mol. The molecule has 1 unspecified atom stereocenters. The first-order valence-corrected chi connectivity index (χ1v) is 13.9. The molecule has 2 fully saturated rings. The Morgan fingerprint density at radius 3 is 2.46 bits per heavy atom. The topological polar surface area (TPSA) is 85.4 Å². The number of ketones is 1. The highest BCUT2D eigenvalue weighted by molar-refractivity contribution is 7.92. The molecule has 0 amide bonds. The van der Waals surface area contributed by atoms with Gasteiger partial charge in [0.25, 0.3) is 0 Å². The average Bonchev–Trinajstić information content (AvgIpc) is 2.90. The number of carbonyl (C=O) groups is 1. The fourth-order valence-corrected chi connectivity index (χ4v) is 7.46. The molecule has 1 N–H and O–H groups in total. The number of carbonyl (C=O) groups excluding carboxylic acids is 1. The maximum Gasteiger partial charge on any atom is 0.181 e. The summed E-state index contributed by atoms with van der Waals surface area (Å²) in [5, 5.41) is 4.06. The number of ether oxygens (including phenoxy) is 1. The summed E-state index contributed by atoms with van der Waals surface area (Å²) in [4.78, 5) is 17.0. The summed E-state index contributed by atoms with van der Waals surface area (Å²) in [6.45, 7) is 2.47. The molecule has 0 bridgehead atoms. The van der Waals surface area contributed by atoms with E-state index in [4.69, 9.17) is 4.74 Å². The predicted octanol–water partition coefficient (Wildman–Crippen LogP) is 4.95. The number of piperidine rings is 1. The lowest BCUT2D eigenvalue weighted by Crippen LogP contribution is -2.57. The number of pyridine rings is 1. The minimum atomic E-state index is -3.41. The average molecular weight is 493 g/mol. The molecule has 1 aliphatic heterocycles. The Labute approximate surface area is 207 Å². The number of rotatable bonds is 5. The molecule has 35 heavy (non-hydrogen) atoms. The van der Waals surface area contributed by atoms with Crippen LogP contribution in [-0.2, 0) is 14.6 Å². The monoisotopic (exact) mass is 492 g/mol. The van der Waals surface area contributed by atoms with Gasteiger partial charge in [-0.3, -0.25) is 9.78 Å². The van der Waals surface area contributed by atoms with Gasteiger partial charge in [0.2, 0.25) is 0 Å². The number of nitrogens with zero attached hydrogens (tertiary/aromatic N) is 1. The number of Topliss-reactive ketones (excluding diaryl/α,β-unsaturated/α-hetero) is 1. The highest BCUT2D eigenvalue weighted by atomic mass is 32.2. The van der Waals surface area contributed by atoms with Crippen LogP contribution >= 0.6 is 0 Å². The van der Waals surface area contributed by atoms with Gasteiger partial charge in [0.1, 0.15) is 11.5 Å². The lowest BCUT2D eigenvalue weighted by Gasteiger charge is -2.45. The van der Waals surface area contributed by atoms with Gasteiger partial charge in [-0.05, 0) is 73.9 Å². The van der Waals surface area contributed by atoms with Crippen LogP contribution in [0.3, 0.4) is 0 Å². The molecule has 1 saturated carbocycles. The zero-order chi connectivity index (χ0) is 24.6. The van der Waals surface area contributed by atoms with Crippen LogP contribution in [-0.4, -0.2) is 43.6 Å². The minimum absolute atomic E-state index is 0.0847. The lowest BCUT2D eigenvalue weighted by atomic mass is 9.72. The third-order valence-electron chi connectivity index (χ3n) is 7.96. The van der Waals surface area contributed by atoms with Crippen molar-refractivity contribution in [1.29, 1.82) is 0 Å². The first kappa shape index (κ1) is 23.9. The van der Waals surface area contributed by atoms with Gasteiger partial charge in [0.15, 0.2) is 9.84 Å². The summed E-state index contributed by atoms with van der Waals surface area (Å²) in [6.07, 6.45) is 6.23. The quantitative estimate of drug-likeness (QED) is 0.542. The minimum Gasteiger partial charge on any atom is -0.495 e. The second kappa shape index (κ2) is 9.36. The summed E-state index contributed by atoms with van der Waals surface area (Å²) in [7, 11) is -1.79. The number of aromatic nitrogens is 1. The Morgan fingerprint density at radius 2 is 1.77 bits per heavy atom. The third kappa shape index (κ3) is 4.59. The number of benzene rings is 2. The van der Waals surface area contributed by atoms with Crippen molar-refractivity contribution >= 4 is 26.5 Å². The van der Waals surface area contributed by atoms with E-state index in [0.717, 1.165) is 47.7 Å². The molecule has 1 spiro atoms. The summed E-state index contributed by atoms with van der Waals surface area (Å²) in [5.74, 6) is 1.10. The fourth-order valence-electron chi connectivity index (χ4n) is 5.71. The van der Waals surface area contributed by atoms with E-state index in [2.05, 4.69) is 17.2 Å². The molecule has 5 rings (SSSR count). The predicted molar refractivity (Wildman–Crippen MR) is 137 cm³/mol. The van der Waals surface area contributed by atoms with Gasteiger partial charge in [-0.2, -0.15) is 0 Å². The van der Waals surface area contributed by atoms with Gasteiger partial charge < -0.3 is 10.1 Å². The highest BCUT2D eigenvalue weighted by Crippen LogP contribution is 2.40. The van der Waals surface area contributed by atoms with E-state index in [1.807, 2.05) is 36.4 Å². The summed E-state index contributed by atoms with van der Waals surface area (Å²) in [5.41, 5.74) is 2.72. The molecule has 2 aromatic carbocycles. The Balaban J connectivity index is 1.30. The van der Waals surface area contributed by atoms with Gasteiger partial charge in [0.05, 0.1) is 35.5 Å². The molecule has 2 aliphatic rings. The van der Waals surface area contributed by atoms with Gasteiger partial charge >= 0.3 is 0 Å². The first-order chi connectivity index (χ1) is 16.8. The van der Waals surface area contributed by atoms with Crippen molar-refractivity contribution in [2.45, 2.75) is 61.1 Å². The van der Waals surface area contributed by atoms with Crippen LogP contribution in [0.2, 0.25) is 0 Å². The van der Waals surface area contributed by atoms with Crippen LogP contribution in [0.25, 0.3) is 22.0 Å². The lowest BCUT2D eigenvalue weighted by molar-refractivity contribution is -0.126. The van der Waals surface area contributed by atoms with Crippen molar-refractivity contribution in [3.8, 4) is 16.9 Å². The molecule has 1 saturated heterocycles. The second-order valence-electron chi connectivity index (χ2n) is 9.96. The Morgan fingerprint density at radius 1 is 1.06 bits per heavy atom. The molecule has 1 aromatic heterocycles. The van der Waals surface area contributed by atoms with Gasteiger partial charge in [0, 0.05) is 16.8 Å². The van der Waals surface area contributed by atoms with Crippen molar-refractivity contribution < 1.29 is 17.9 Å². The molecule has 3 aromatic rings. The molecule has 1 atom stereocenters. The zero-order valence-electron chi connectivity index (χ0n) is 20.3. The number of hydrogen-bond donors (Lipinski definition) is 1. The van der Waals surface area contributed by atoms with Crippen molar-refractivity contribution in [1.82, 2.24) is 10.3 Å². The molecule has 184 valence electrons. The van der Waals surface area contributed by atoms with Gasteiger partial charge in [-0.15, -0.1) is 0 Å². The van der Waals surface area contributed by atoms with E-state index in [0.29, 0.717) is 30.0 Å². The third-order valence-corrected chi connectivity index (χ3v) is 10.2.